The molecule has 0 aliphatic rings. The van der Waals surface area contributed by atoms with E-state index >= 15 is 0 Å². The molecule has 20 heavy (non-hydrogen) atoms. The van der Waals surface area contributed by atoms with Crippen LogP contribution in [-0.2, 0) is 14.5 Å². The Morgan fingerprint density at radius 2 is 1.80 bits per heavy atom. The number of ether oxygens (including phenoxy) is 1. The zero-order chi connectivity index (χ0) is 15.1. The molecule has 11 heteroatoms. The molecule has 11 nitrogen and oxygen atoms in total. The van der Waals surface area contributed by atoms with Crippen LogP contribution in [-0.4, -0.2) is 34.0 Å². The first-order valence-electron chi connectivity index (χ1n) is 4.97. The van der Waals surface area contributed by atoms with E-state index in [2.05, 4.69) is 14.4 Å². The van der Waals surface area contributed by atoms with Crippen LogP contribution < -0.4 is 4.74 Å². The van der Waals surface area contributed by atoms with Crippen LogP contribution in [0.1, 0.15) is 0 Å². The number of hydrogen-bond acceptors (Lipinski definition) is 9. The molecule has 0 amide bonds. The minimum atomic E-state index is -1.91. The molecule has 0 aliphatic carbocycles. The molecule has 1 N–H and O–H groups in total. The van der Waals surface area contributed by atoms with E-state index in [4.69, 9.17) is 5.11 Å². The monoisotopic (exact) mass is 288 g/mol. The van der Waals surface area contributed by atoms with Crippen LogP contribution >= 0.6 is 0 Å². The number of phenolic OH excluding ortho intramolecular Hbond substituents is 1. The molecule has 1 aromatic rings. The van der Waals surface area contributed by atoms with Crippen molar-refractivity contribution in [3.05, 3.63) is 44.5 Å². The summed E-state index contributed by atoms with van der Waals surface area (Å²) in [6, 6.07) is 4.84. The zero-order valence-electron chi connectivity index (χ0n) is 9.70. The quantitative estimate of drug-likeness (QED) is 0.318. The first kappa shape index (κ1) is 14.9. The van der Waals surface area contributed by atoms with Gasteiger partial charge in [0.25, 0.3) is 10.2 Å². The van der Waals surface area contributed by atoms with Gasteiger partial charge in [-0.1, -0.05) is 0 Å². The molecule has 0 heterocycles. The first-order valence-corrected chi connectivity index (χ1v) is 4.97. The van der Waals surface area contributed by atoms with E-state index in [1.54, 1.807) is 0 Å². The van der Waals surface area contributed by atoms with E-state index in [9.17, 15) is 25.0 Å². The topological polar surface area (TPSA) is 151 Å². The lowest BCUT2D eigenvalue weighted by molar-refractivity contribution is -0.786. The van der Waals surface area contributed by atoms with Gasteiger partial charge < -0.3 is 14.7 Å². The Morgan fingerprint density at radius 1 is 1.20 bits per heavy atom. The number of benzene rings is 1. The first-order chi connectivity index (χ1) is 9.38. The van der Waals surface area contributed by atoms with E-state index in [1.807, 2.05) is 0 Å². The minimum absolute atomic E-state index is 0.0362. The molecule has 0 saturated carbocycles. The third-order valence-electron chi connectivity index (χ3n) is 1.86. The van der Waals surface area contributed by atoms with Crippen LogP contribution in [0, 0.1) is 20.2 Å². The van der Waals surface area contributed by atoms with Gasteiger partial charge in [0.1, 0.15) is 18.1 Å². The highest BCUT2D eigenvalue weighted by Gasteiger charge is 2.26. The molecular formula is C9H8N2O9. The highest BCUT2D eigenvalue weighted by atomic mass is 17.0. The maximum absolute atomic E-state index is 11.5. The van der Waals surface area contributed by atoms with Crippen molar-refractivity contribution in [2.75, 3.05) is 6.61 Å². The Balaban J connectivity index is 2.68. The van der Waals surface area contributed by atoms with Crippen molar-refractivity contribution in [1.82, 2.24) is 0 Å². The SMILES string of the molecule is O=C(Oc1ccc(O)cc1)C(CO[N+](=O)[O-])O[N+](=O)[O-]. The van der Waals surface area contributed by atoms with Crippen LogP contribution in [0.25, 0.3) is 0 Å². The number of carbonyl (C=O) groups is 1. The molecule has 1 aromatic carbocycles. The average Bonchev–Trinajstić information content (AvgIpc) is 2.36. The summed E-state index contributed by atoms with van der Waals surface area (Å²) in [5.74, 6) is -1.38. The molecule has 0 bridgehead atoms. The Hall–Kier alpha value is -3.11. The van der Waals surface area contributed by atoms with Crippen molar-refractivity contribution < 1.29 is 34.5 Å². The highest BCUT2D eigenvalue weighted by Crippen LogP contribution is 2.16. The van der Waals surface area contributed by atoms with Crippen molar-refractivity contribution in [2.24, 2.45) is 0 Å². The number of phenols is 1. The standard InChI is InChI=1S/C9H8N2O9/c12-6-1-3-7(4-2-6)19-9(13)8(20-11(16)17)5-18-10(14)15/h1-4,8,12H,5H2. The second-order valence-electron chi connectivity index (χ2n) is 3.25. The van der Waals surface area contributed by atoms with Gasteiger partial charge >= 0.3 is 5.97 Å². The summed E-state index contributed by atoms with van der Waals surface area (Å²) < 4.78 is 4.68. The van der Waals surface area contributed by atoms with Gasteiger partial charge in [-0.3, -0.25) is 4.84 Å². The van der Waals surface area contributed by atoms with Crippen LogP contribution in [0.5, 0.6) is 11.5 Å². The van der Waals surface area contributed by atoms with Crippen LogP contribution in [0.2, 0.25) is 0 Å². The molecule has 0 saturated heterocycles. The molecule has 108 valence electrons. The smallest absolute Gasteiger partial charge is 0.342 e. The van der Waals surface area contributed by atoms with Crippen molar-refractivity contribution in [3.63, 3.8) is 0 Å². The molecule has 1 atom stereocenters. The van der Waals surface area contributed by atoms with Gasteiger partial charge in [-0.05, 0) is 24.3 Å². The van der Waals surface area contributed by atoms with Gasteiger partial charge in [0.2, 0.25) is 6.10 Å². The summed E-state index contributed by atoms with van der Waals surface area (Å²) in [5, 5.41) is 26.6. The number of rotatable bonds is 7. The summed E-state index contributed by atoms with van der Waals surface area (Å²) in [4.78, 5) is 39.4. The van der Waals surface area contributed by atoms with Crippen LogP contribution in [0.4, 0.5) is 0 Å². The predicted molar refractivity (Wildman–Crippen MR) is 58.6 cm³/mol. The van der Waals surface area contributed by atoms with Crippen molar-refractivity contribution in [2.45, 2.75) is 6.10 Å². The summed E-state index contributed by atoms with van der Waals surface area (Å²) in [5.41, 5.74) is 0. The van der Waals surface area contributed by atoms with E-state index in [0.717, 1.165) is 0 Å². The zero-order valence-corrected chi connectivity index (χ0v) is 9.70. The van der Waals surface area contributed by atoms with Gasteiger partial charge in [-0.2, -0.15) is 0 Å². The third kappa shape index (κ3) is 5.03. The molecule has 0 spiro atoms. The van der Waals surface area contributed by atoms with E-state index in [-0.39, 0.29) is 11.5 Å². The van der Waals surface area contributed by atoms with E-state index < -0.39 is 28.9 Å². The lowest BCUT2D eigenvalue weighted by atomic mass is 10.3. The largest absolute Gasteiger partial charge is 0.508 e. The molecular weight excluding hydrogens is 280 g/mol. The number of nitrogens with zero attached hydrogens (tertiary/aromatic N) is 2. The highest BCUT2D eigenvalue weighted by molar-refractivity contribution is 5.77. The summed E-state index contributed by atoms with van der Waals surface area (Å²) in [6.45, 7) is -0.995. The van der Waals surface area contributed by atoms with Crippen LogP contribution in [0.15, 0.2) is 24.3 Å². The number of carbonyl (C=O) groups excluding carboxylic acids is 1. The van der Waals surface area contributed by atoms with Gasteiger partial charge in [-0.15, -0.1) is 20.2 Å². The van der Waals surface area contributed by atoms with Gasteiger partial charge in [0, 0.05) is 0 Å². The van der Waals surface area contributed by atoms with E-state index in [1.165, 1.54) is 24.3 Å². The second-order valence-corrected chi connectivity index (χ2v) is 3.25. The van der Waals surface area contributed by atoms with Gasteiger partial charge in [0.15, 0.2) is 0 Å². The Labute approximate surface area is 110 Å². The Morgan fingerprint density at radius 3 is 2.30 bits per heavy atom. The molecule has 0 aliphatic heterocycles. The maximum atomic E-state index is 11.5. The fraction of sp³-hybridized carbons (Fsp3) is 0.222. The normalized spacial score (nSPS) is 11.2. The average molecular weight is 288 g/mol. The number of hydrogen-bond donors (Lipinski definition) is 1. The van der Waals surface area contributed by atoms with Gasteiger partial charge in [0.05, 0.1) is 0 Å². The molecule has 1 unspecified atom stereocenters. The predicted octanol–water partition coefficient (Wildman–Crippen LogP) is 0.0828. The minimum Gasteiger partial charge on any atom is -0.508 e. The lowest BCUT2D eigenvalue weighted by Gasteiger charge is -2.12. The van der Waals surface area contributed by atoms with Crippen LogP contribution in [0.3, 0.4) is 0 Å². The number of aromatic hydroxyl groups is 1. The Kier molecular flexibility index (Phi) is 5.03. The Bertz CT molecular complexity index is 501. The molecule has 0 aromatic heterocycles. The van der Waals surface area contributed by atoms with Crippen molar-refractivity contribution in [3.8, 4) is 11.5 Å². The molecule has 1 rings (SSSR count). The second kappa shape index (κ2) is 6.72. The summed E-state index contributed by atoms with van der Waals surface area (Å²) in [6.07, 6.45) is -1.91. The lowest BCUT2D eigenvalue weighted by Crippen LogP contribution is -2.35. The number of esters is 1. The van der Waals surface area contributed by atoms with Crippen molar-refractivity contribution in [1.29, 1.82) is 0 Å². The van der Waals surface area contributed by atoms with E-state index in [0.29, 0.717) is 0 Å². The van der Waals surface area contributed by atoms with Gasteiger partial charge in [-0.25, -0.2) is 4.79 Å². The fourth-order valence-electron chi connectivity index (χ4n) is 1.07. The molecule has 0 fully saturated rings. The summed E-state index contributed by atoms with van der Waals surface area (Å²) in [7, 11) is 0. The molecule has 0 radical (unpaired) electrons. The summed E-state index contributed by atoms with van der Waals surface area (Å²) >= 11 is 0. The fourth-order valence-corrected chi connectivity index (χ4v) is 1.07. The van der Waals surface area contributed by atoms with Crippen molar-refractivity contribution >= 4 is 5.97 Å². The third-order valence-corrected chi connectivity index (χ3v) is 1.86. The maximum Gasteiger partial charge on any atom is 0.342 e.